The molecule has 0 bridgehead atoms. The fourth-order valence-corrected chi connectivity index (χ4v) is 2.03. The van der Waals surface area contributed by atoms with Crippen molar-refractivity contribution in [3.8, 4) is 11.8 Å². The van der Waals surface area contributed by atoms with Crippen LogP contribution in [0.2, 0.25) is 0 Å². The summed E-state index contributed by atoms with van der Waals surface area (Å²) in [5, 5.41) is 12.0. The van der Waals surface area contributed by atoms with Gasteiger partial charge in [0.2, 0.25) is 0 Å². The average Bonchev–Trinajstić information content (AvgIpc) is 2.53. The molecule has 2 rings (SSSR count). The highest BCUT2D eigenvalue weighted by molar-refractivity contribution is 5.33. The van der Waals surface area contributed by atoms with Gasteiger partial charge in [0.05, 0.1) is 18.7 Å². The zero-order valence-corrected chi connectivity index (χ0v) is 11.9. The minimum Gasteiger partial charge on any atom is -0.497 e. The van der Waals surface area contributed by atoms with Crippen LogP contribution in [-0.2, 0) is 13.0 Å². The molecule has 0 amide bonds. The summed E-state index contributed by atoms with van der Waals surface area (Å²) in [6.07, 6.45) is 0.851. The van der Waals surface area contributed by atoms with Crippen molar-refractivity contribution in [3.05, 3.63) is 65.0 Å². The van der Waals surface area contributed by atoms with E-state index in [9.17, 15) is 4.39 Å². The Labute approximate surface area is 124 Å². The fraction of sp³-hybridized carbons (Fsp3) is 0.235. The van der Waals surface area contributed by atoms with Crippen LogP contribution in [0.5, 0.6) is 5.75 Å². The predicted octanol–water partition coefficient (Wildman–Crippen LogP) is 3.04. The topological polar surface area (TPSA) is 45.0 Å². The first kappa shape index (κ1) is 15.0. The number of benzene rings is 2. The van der Waals surface area contributed by atoms with Crippen molar-refractivity contribution >= 4 is 0 Å². The highest BCUT2D eigenvalue weighted by Gasteiger charge is 2.03. The molecule has 0 aliphatic heterocycles. The van der Waals surface area contributed by atoms with Crippen LogP contribution in [-0.4, -0.2) is 13.7 Å². The zero-order chi connectivity index (χ0) is 15.1. The molecule has 0 heterocycles. The largest absolute Gasteiger partial charge is 0.497 e. The van der Waals surface area contributed by atoms with Gasteiger partial charge < -0.3 is 10.1 Å². The van der Waals surface area contributed by atoms with Crippen LogP contribution in [0.3, 0.4) is 0 Å². The maximum Gasteiger partial charge on any atom is 0.127 e. The molecule has 0 atom stereocenters. The molecule has 3 nitrogen and oxygen atoms in total. The van der Waals surface area contributed by atoms with Gasteiger partial charge in [-0.05, 0) is 48.9 Å². The van der Waals surface area contributed by atoms with Crippen molar-refractivity contribution in [3.63, 3.8) is 0 Å². The maximum atomic E-state index is 13.6. The lowest BCUT2D eigenvalue weighted by Crippen LogP contribution is -2.17. The Morgan fingerprint density at radius 2 is 1.95 bits per heavy atom. The summed E-state index contributed by atoms with van der Waals surface area (Å²) in [6, 6.07) is 14.3. The Hall–Kier alpha value is -2.38. The first-order chi connectivity index (χ1) is 10.2. The molecule has 0 radical (unpaired) electrons. The van der Waals surface area contributed by atoms with Crippen LogP contribution in [0.15, 0.2) is 42.5 Å². The normalized spacial score (nSPS) is 10.1. The van der Waals surface area contributed by atoms with E-state index in [1.165, 1.54) is 17.7 Å². The van der Waals surface area contributed by atoms with Crippen molar-refractivity contribution in [1.29, 1.82) is 5.26 Å². The molecule has 0 aliphatic carbocycles. The molecule has 0 saturated heterocycles. The number of rotatable bonds is 6. The first-order valence-electron chi connectivity index (χ1n) is 6.75. The van der Waals surface area contributed by atoms with Gasteiger partial charge in [-0.15, -0.1) is 0 Å². The van der Waals surface area contributed by atoms with E-state index >= 15 is 0 Å². The number of nitrogens with zero attached hydrogens (tertiary/aromatic N) is 1. The molecule has 108 valence electrons. The number of methoxy groups -OCH3 is 1. The lowest BCUT2D eigenvalue weighted by Gasteiger charge is -2.07. The van der Waals surface area contributed by atoms with Crippen molar-refractivity contribution in [2.24, 2.45) is 0 Å². The van der Waals surface area contributed by atoms with E-state index in [-0.39, 0.29) is 5.82 Å². The second-order valence-electron chi connectivity index (χ2n) is 4.69. The molecule has 2 aromatic carbocycles. The van der Waals surface area contributed by atoms with Gasteiger partial charge in [-0.1, -0.05) is 12.1 Å². The Balaban J connectivity index is 1.83. The van der Waals surface area contributed by atoms with E-state index in [1.54, 1.807) is 13.2 Å². The van der Waals surface area contributed by atoms with Crippen molar-refractivity contribution < 1.29 is 9.13 Å². The molecule has 21 heavy (non-hydrogen) atoms. The van der Waals surface area contributed by atoms with Crippen LogP contribution < -0.4 is 10.1 Å². The van der Waals surface area contributed by atoms with E-state index < -0.39 is 0 Å². The van der Waals surface area contributed by atoms with Crippen LogP contribution in [0, 0.1) is 17.1 Å². The van der Waals surface area contributed by atoms with E-state index in [0.717, 1.165) is 18.7 Å². The van der Waals surface area contributed by atoms with Gasteiger partial charge in [-0.25, -0.2) is 4.39 Å². The van der Waals surface area contributed by atoms with E-state index in [1.807, 2.05) is 30.3 Å². The molecule has 4 heteroatoms. The summed E-state index contributed by atoms with van der Waals surface area (Å²) in [5.41, 5.74) is 2.18. The van der Waals surface area contributed by atoms with Gasteiger partial charge in [0.1, 0.15) is 11.6 Å². The lowest BCUT2D eigenvalue weighted by atomic mass is 10.1. The van der Waals surface area contributed by atoms with Crippen LogP contribution in [0.4, 0.5) is 4.39 Å². The van der Waals surface area contributed by atoms with Crippen molar-refractivity contribution in [1.82, 2.24) is 5.32 Å². The van der Waals surface area contributed by atoms with Gasteiger partial charge in [0.15, 0.2) is 0 Å². The second-order valence-corrected chi connectivity index (χ2v) is 4.69. The predicted molar refractivity (Wildman–Crippen MR) is 79.5 cm³/mol. The number of ether oxygens (including phenoxy) is 1. The van der Waals surface area contributed by atoms with Crippen molar-refractivity contribution in [2.75, 3.05) is 13.7 Å². The zero-order valence-electron chi connectivity index (χ0n) is 11.9. The maximum absolute atomic E-state index is 13.6. The van der Waals surface area contributed by atoms with Gasteiger partial charge in [-0.3, -0.25) is 0 Å². The number of nitriles is 1. The quantitative estimate of drug-likeness (QED) is 0.829. The van der Waals surface area contributed by atoms with Gasteiger partial charge in [0.25, 0.3) is 0 Å². The summed E-state index contributed by atoms with van der Waals surface area (Å²) in [7, 11) is 1.64. The van der Waals surface area contributed by atoms with E-state index in [2.05, 4.69) is 5.32 Å². The molecule has 2 aromatic rings. The highest BCUT2D eigenvalue weighted by atomic mass is 19.1. The number of hydrogen-bond donors (Lipinski definition) is 1. The molecule has 0 saturated carbocycles. The minimum absolute atomic E-state index is 0.286. The molecule has 0 fully saturated rings. The van der Waals surface area contributed by atoms with E-state index in [0.29, 0.717) is 17.7 Å². The minimum atomic E-state index is -0.286. The van der Waals surface area contributed by atoms with Gasteiger partial charge >= 0.3 is 0 Å². The molecule has 0 spiro atoms. The smallest absolute Gasteiger partial charge is 0.127 e. The number of hydrogen-bond acceptors (Lipinski definition) is 3. The summed E-state index contributed by atoms with van der Waals surface area (Å²) < 4.78 is 18.7. The highest BCUT2D eigenvalue weighted by Crippen LogP contribution is 2.12. The summed E-state index contributed by atoms with van der Waals surface area (Å²) in [5.74, 6) is 0.549. The Morgan fingerprint density at radius 1 is 1.19 bits per heavy atom. The molecular weight excluding hydrogens is 267 g/mol. The third-order valence-electron chi connectivity index (χ3n) is 3.24. The fourth-order valence-electron chi connectivity index (χ4n) is 2.03. The Bertz CT molecular complexity index is 632. The second kappa shape index (κ2) is 7.41. The summed E-state index contributed by atoms with van der Waals surface area (Å²) in [6.45, 7) is 1.15. The first-order valence-corrected chi connectivity index (χ1v) is 6.75. The monoisotopic (exact) mass is 284 g/mol. The molecule has 0 aliphatic rings. The van der Waals surface area contributed by atoms with Crippen LogP contribution in [0.25, 0.3) is 0 Å². The van der Waals surface area contributed by atoms with Gasteiger partial charge in [0, 0.05) is 12.1 Å². The standard InChI is InChI=1S/C17H17FN2O/c1-21-16-5-2-13(3-6-16)8-9-20-12-15-10-14(11-19)4-7-17(15)18/h2-7,10,20H,8-9,12H2,1H3. The van der Waals surface area contributed by atoms with Gasteiger partial charge in [-0.2, -0.15) is 5.26 Å². The third-order valence-corrected chi connectivity index (χ3v) is 3.24. The molecule has 0 unspecified atom stereocenters. The number of halogens is 1. The lowest BCUT2D eigenvalue weighted by molar-refractivity contribution is 0.414. The molecule has 1 N–H and O–H groups in total. The average molecular weight is 284 g/mol. The third kappa shape index (κ3) is 4.30. The summed E-state index contributed by atoms with van der Waals surface area (Å²) >= 11 is 0. The Morgan fingerprint density at radius 3 is 2.62 bits per heavy atom. The van der Waals surface area contributed by atoms with E-state index in [4.69, 9.17) is 10.00 Å². The van der Waals surface area contributed by atoms with Crippen molar-refractivity contribution in [2.45, 2.75) is 13.0 Å². The SMILES string of the molecule is COc1ccc(CCNCc2cc(C#N)ccc2F)cc1. The molecular formula is C17H17FN2O. The Kier molecular flexibility index (Phi) is 5.30. The summed E-state index contributed by atoms with van der Waals surface area (Å²) in [4.78, 5) is 0. The van der Waals surface area contributed by atoms with Crippen LogP contribution in [0.1, 0.15) is 16.7 Å². The number of nitrogens with one attached hydrogen (secondary N) is 1. The van der Waals surface area contributed by atoms with Crippen LogP contribution >= 0.6 is 0 Å². The molecule has 0 aromatic heterocycles.